The van der Waals surface area contributed by atoms with Gasteiger partial charge in [0, 0.05) is 12.8 Å². The second-order valence-electron chi connectivity index (χ2n) is 7.79. The lowest BCUT2D eigenvalue weighted by molar-refractivity contribution is -0.924. The highest BCUT2D eigenvalue weighted by molar-refractivity contribution is 5.61. The van der Waals surface area contributed by atoms with Gasteiger partial charge in [-0.05, 0) is 29.3 Å². The van der Waals surface area contributed by atoms with Crippen molar-refractivity contribution >= 4 is 0 Å². The highest BCUT2D eigenvalue weighted by atomic mass is 19.1. The first-order chi connectivity index (χ1) is 12.9. The lowest BCUT2D eigenvalue weighted by Crippen LogP contribution is -2.48. The van der Waals surface area contributed by atoms with Gasteiger partial charge in [-0.3, -0.25) is 0 Å². The van der Waals surface area contributed by atoms with E-state index in [0.717, 1.165) is 28.8 Å². The number of methoxy groups -OCH3 is 1. The molecule has 0 aromatic heterocycles. The van der Waals surface area contributed by atoms with E-state index in [-0.39, 0.29) is 18.7 Å². The molecule has 2 aromatic carbocycles. The molecule has 0 radical (unpaired) electrons. The summed E-state index contributed by atoms with van der Waals surface area (Å²) in [6, 6.07) is 8.09. The molecule has 0 fully saturated rings. The molecule has 27 heavy (non-hydrogen) atoms. The molecule has 4 rings (SSSR count). The molecule has 0 saturated carbocycles. The van der Waals surface area contributed by atoms with Crippen molar-refractivity contribution in [1.82, 2.24) is 0 Å². The topological polar surface area (TPSA) is 47.9 Å². The van der Waals surface area contributed by atoms with Crippen molar-refractivity contribution < 1.29 is 28.2 Å². The average Bonchev–Trinajstić information content (AvgIpc) is 3.11. The van der Waals surface area contributed by atoms with E-state index in [4.69, 9.17) is 14.2 Å². The molecule has 2 aliphatic rings. The Balaban J connectivity index is 1.75. The number of likely N-dealkylation sites (N-methyl/N-ethyl adjacent to an activating group) is 1. The van der Waals surface area contributed by atoms with Crippen LogP contribution in [0.25, 0.3) is 0 Å². The number of halogens is 1. The molecule has 0 amide bonds. The third-order valence-corrected chi connectivity index (χ3v) is 5.78. The van der Waals surface area contributed by atoms with Gasteiger partial charge in [0.2, 0.25) is 12.5 Å². The molecule has 1 N–H and O–H groups in total. The van der Waals surface area contributed by atoms with Crippen molar-refractivity contribution in [2.24, 2.45) is 0 Å². The zero-order valence-corrected chi connectivity index (χ0v) is 15.9. The normalized spacial score (nSPS) is 20.9. The minimum atomic E-state index is -0.700. The predicted octanol–water partition coefficient (Wildman–Crippen LogP) is 3.36. The third-order valence-electron chi connectivity index (χ3n) is 5.78. The van der Waals surface area contributed by atoms with Gasteiger partial charge in [0.1, 0.15) is 11.9 Å². The summed E-state index contributed by atoms with van der Waals surface area (Å²) in [7, 11) is 5.96. The van der Waals surface area contributed by atoms with Crippen LogP contribution in [0.4, 0.5) is 4.39 Å². The number of nitrogens with zero attached hydrogens (tertiary/aromatic N) is 1. The summed E-state index contributed by atoms with van der Waals surface area (Å²) in [5, 5.41) is 10.8. The van der Waals surface area contributed by atoms with Gasteiger partial charge >= 0.3 is 0 Å². The SMILES string of the molecule is COc1c2c(cc3c1C(CC(O)c1ccc(F)cc1)[N+](C)(C)CC3)OCO2. The van der Waals surface area contributed by atoms with Crippen LogP contribution in [-0.2, 0) is 6.42 Å². The van der Waals surface area contributed by atoms with Gasteiger partial charge in [-0.1, -0.05) is 12.1 Å². The number of quaternary nitrogens is 1. The van der Waals surface area contributed by atoms with E-state index in [9.17, 15) is 9.50 Å². The maximum absolute atomic E-state index is 13.2. The van der Waals surface area contributed by atoms with Crippen molar-refractivity contribution in [2.75, 3.05) is 34.5 Å². The predicted molar refractivity (Wildman–Crippen MR) is 98.5 cm³/mol. The Bertz CT molecular complexity index is 850. The zero-order valence-electron chi connectivity index (χ0n) is 15.9. The molecule has 2 aromatic rings. The van der Waals surface area contributed by atoms with E-state index >= 15 is 0 Å². The molecule has 2 heterocycles. The van der Waals surface area contributed by atoms with Crippen molar-refractivity contribution in [3.8, 4) is 17.2 Å². The fraction of sp³-hybridized carbons (Fsp3) is 0.429. The summed E-state index contributed by atoms with van der Waals surface area (Å²) < 4.78 is 30.9. The van der Waals surface area contributed by atoms with Crippen LogP contribution in [0.3, 0.4) is 0 Å². The first-order valence-corrected chi connectivity index (χ1v) is 9.16. The standard InChI is InChI=1S/C21H25FNO4/c1-23(2)9-8-14-10-18-20(27-12-26-18)21(25-3)19(14)16(23)11-17(24)13-4-6-15(22)7-5-13/h4-7,10,16-17,24H,8-9,11-12H2,1-3H3/q+1. The second-order valence-corrected chi connectivity index (χ2v) is 7.79. The van der Waals surface area contributed by atoms with Crippen LogP contribution < -0.4 is 14.2 Å². The number of rotatable bonds is 4. The summed E-state index contributed by atoms with van der Waals surface area (Å²) >= 11 is 0. The number of aliphatic hydroxyl groups excluding tert-OH is 1. The quantitative estimate of drug-likeness (QED) is 0.834. The van der Waals surface area contributed by atoms with Gasteiger partial charge in [-0.15, -0.1) is 0 Å². The van der Waals surface area contributed by atoms with E-state index in [0.29, 0.717) is 23.5 Å². The Morgan fingerprint density at radius 2 is 2.00 bits per heavy atom. The molecule has 144 valence electrons. The van der Waals surface area contributed by atoms with Gasteiger partial charge in [0.15, 0.2) is 11.5 Å². The Kier molecular flexibility index (Phi) is 4.48. The van der Waals surface area contributed by atoms with E-state index in [1.165, 1.54) is 17.7 Å². The van der Waals surface area contributed by atoms with Crippen LogP contribution in [-0.4, -0.2) is 44.1 Å². The van der Waals surface area contributed by atoms with Crippen LogP contribution in [0.2, 0.25) is 0 Å². The number of ether oxygens (including phenoxy) is 3. The van der Waals surface area contributed by atoms with E-state index in [2.05, 4.69) is 14.1 Å². The van der Waals surface area contributed by atoms with Crippen molar-refractivity contribution in [2.45, 2.75) is 25.0 Å². The molecule has 2 atom stereocenters. The lowest BCUT2D eigenvalue weighted by Gasteiger charge is -2.44. The molecular weight excluding hydrogens is 349 g/mol. The van der Waals surface area contributed by atoms with Gasteiger partial charge in [-0.25, -0.2) is 4.39 Å². The second kappa shape index (κ2) is 6.69. The molecule has 0 spiro atoms. The van der Waals surface area contributed by atoms with Crippen LogP contribution in [0.5, 0.6) is 17.2 Å². The maximum Gasteiger partial charge on any atom is 0.231 e. The molecule has 0 aliphatic carbocycles. The summed E-state index contributed by atoms with van der Waals surface area (Å²) in [4.78, 5) is 0. The molecule has 2 unspecified atom stereocenters. The molecular formula is C21H25FNO4+. The molecule has 0 saturated heterocycles. The van der Waals surface area contributed by atoms with Crippen molar-refractivity contribution in [3.05, 3.63) is 52.8 Å². The summed E-state index contributed by atoms with van der Waals surface area (Å²) in [6.45, 7) is 1.13. The monoisotopic (exact) mass is 374 g/mol. The van der Waals surface area contributed by atoms with Crippen LogP contribution in [0.15, 0.2) is 30.3 Å². The van der Waals surface area contributed by atoms with Crippen molar-refractivity contribution in [3.63, 3.8) is 0 Å². The fourth-order valence-corrected chi connectivity index (χ4v) is 4.20. The van der Waals surface area contributed by atoms with Crippen LogP contribution >= 0.6 is 0 Å². The Labute approximate surface area is 158 Å². The highest BCUT2D eigenvalue weighted by Gasteiger charge is 2.42. The Morgan fingerprint density at radius 1 is 1.26 bits per heavy atom. The Morgan fingerprint density at radius 3 is 2.70 bits per heavy atom. The minimum Gasteiger partial charge on any atom is -0.492 e. The number of hydrogen-bond donors (Lipinski definition) is 1. The lowest BCUT2D eigenvalue weighted by atomic mass is 9.85. The van der Waals surface area contributed by atoms with Crippen LogP contribution in [0.1, 0.15) is 35.3 Å². The first kappa shape index (κ1) is 18.1. The number of benzene rings is 2. The summed E-state index contributed by atoms with van der Waals surface area (Å²) in [5.74, 6) is 1.75. The molecule has 0 bridgehead atoms. The number of fused-ring (bicyclic) bond motifs is 2. The minimum absolute atomic E-state index is 0.0123. The van der Waals surface area contributed by atoms with E-state index in [1.54, 1.807) is 19.2 Å². The number of aliphatic hydroxyl groups is 1. The van der Waals surface area contributed by atoms with Gasteiger partial charge in [0.25, 0.3) is 0 Å². The average molecular weight is 374 g/mol. The third kappa shape index (κ3) is 3.13. The maximum atomic E-state index is 13.2. The van der Waals surface area contributed by atoms with Gasteiger partial charge in [0.05, 0.1) is 39.4 Å². The summed E-state index contributed by atoms with van der Waals surface area (Å²) in [5.41, 5.74) is 2.95. The van der Waals surface area contributed by atoms with E-state index in [1.807, 2.05) is 6.07 Å². The molecule has 6 heteroatoms. The smallest absolute Gasteiger partial charge is 0.231 e. The van der Waals surface area contributed by atoms with Gasteiger partial charge < -0.3 is 23.8 Å². The number of hydrogen-bond acceptors (Lipinski definition) is 4. The Hall–Kier alpha value is -2.31. The fourth-order valence-electron chi connectivity index (χ4n) is 4.20. The first-order valence-electron chi connectivity index (χ1n) is 9.16. The largest absolute Gasteiger partial charge is 0.492 e. The van der Waals surface area contributed by atoms with Gasteiger partial charge in [-0.2, -0.15) is 0 Å². The van der Waals surface area contributed by atoms with E-state index < -0.39 is 6.10 Å². The molecule has 5 nitrogen and oxygen atoms in total. The highest BCUT2D eigenvalue weighted by Crippen LogP contribution is 2.52. The summed E-state index contributed by atoms with van der Waals surface area (Å²) in [6.07, 6.45) is 0.703. The molecule has 2 aliphatic heterocycles. The van der Waals surface area contributed by atoms with Crippen molar-refractivity contribution in [1.29, 1.82) is 0 Å². The zero-order chi connectivity index (χ0) is 19.2. The van der Waals surface area contributed by atoms with Crippen LogP contribution in [0, 0.1) is 5.82 Å².